The average Bonchev–Trinajstić information content (AvgIpc) is 2.26. The van der Waals surface area contributed by atoms with Crippen molar-refractivity contribution in [3.63, 3.8) is 0 Å². The summed E-state index contributed by atoms with van der Waals surface area (Å²) in [6.45, 7) is 13.9. The van der Waals surface area contributed by atoms with Gasteiger partial charge in [0.05, 0.1) is 0 Å². The molecule has 0 spiro atoms. The van der Waals surface area contributed by atoms with Crippen molar-refractivity contribution in [2.45, 2.75) is 59.4 Å². The smallest absolute Gasteiger partial charge is 0.00508 e. The van der Waals surface area contributed by atoms with Crippen molar-refractivity contribution in [3.05, 3.63) is 0 Å². The minimum Gasteiger partial charge on any atom is -0.314 e. The van der Waals surface area contributed by atoms with E-state index >= 15 is 0 Å². The summed E-state index contributed by atoms with van der Waals surface area (Å²) < 4.78 is 0. The highest BCUT2D eigenvalue weighted by Crippen LogP contribution is 1.99. The lowest BCUT2D eigenvalue weighted by Gasteiger charge is -2.22. The van der Waals surface area contributed by atoms with Crippen LogP contribution in [0.5, 0.6) is 0 Å². The van der Waals surface area contributed by atoms with Crippen LogP contribution in [0.4, 0.5) is 0 Å². The van der Waals surface area contributed by atoms with Crippen LogP contribution in [0, 0.1) is 0 Å². The zero-order valence-corrected chi connectivity index (χ0v) is 11.2. The van der Waals surface area contributed by atoms with Gasteiger partial charge in [0.15, 0.2) is 0 Å². The van der Waals surface area contributed by atoms with Gasteiger partial charge in [0, 0.05) is 6.04 Å². The minimum absolute atomic E-state index is 0.667. The topological polar surface area (TPSA) is 15.3 Å². The first-order valence-electron chi connectivity index (χ1n) is 6.70. The third kappa shape index (κ3) is 8.88. The minimum atomic E-state index is 0.667. The van der Waals surface area contributed by atoms with Crippen LogP contribution in [0.15, 0.2) is 0 Å². The van der Waals surface area contributed by atoms with E-state index in [1.165, 1.54) is 45.3 Å². The first kappa shape index (κ1) is 14.9. The predicted molar refractivity (Wildman–Crippen MR) is 69.4 cm³/mol. The van der Waals surface area contributed by atoms with Crippen molar-refractivity contribution >= 4 is 0 Å². The van der Waals surface area contributed by atoms with Gasteiger partial charge in [-0.1, -0.05) is 27.2 Å². The Labute approximate surface area is 96.4 Å². The summed E-state index contributed by atoms with van der Waals surface area (Å²) in [6, 6.07) is 0.667. The van der Waals surface area contributed by atoms with E-state index in [1.54, 1.807) is 0 Å². The standard InChI is InChI=1S/C13H30N2/c1-5-8-11-15(7-3)12-9-13(4)14-10-6-2/h13-14H,5-12H2,1-4H3. The van der Waals surface area contributed by atoms with Crippen molar-refractivity contribution < 1.29 is 0 Å². The van der Waals surface area contributed by atoms with Crippen molar-refractivity contribution in [2.75, 3.05) is 26.2 Å². The van der Waals surface area contributed by atoms with Gasteiger partial charge in [-0.3, -0.25) is 0 Å². The number of hydrogen-bond acceptors (Lipinski definition) is 2. The summed E-state index contributed by atoms with van der Waals surface area (Å²) in [5.74, 6) is 0. The zero-order chi connectivity index (χ0) is 11.5. The van der Waals surface area contributed by atoms with E-state index in [2.05, 4.69) is 37.9 Å². The molecule has 0 amide bonds. The Balaban J connectivity index is 3.50. The second kappa shape index (κ2) is 10.4. The van der Waals surface area contributed by atoms with Gasteiger partial charge in [-0.05, 0) is 52.4 Å². The molecule has 15 heavy (non-hydrogen) atoms. The van der Waals surface area contributed by atoms with Crippen LogP contribution in [0.1, 0.15) is 53.4 Å². The molecule has 1 atom stereocenters. The first-order chi connectivity index (χ1) is 7.24. The summed E-state index contributed by atoms with van der Waals surface area (Å²) in [7, 11) is 0. The van der Waals surface area contributed by atoms with Crippen LogP contribution in [0.3, 0.4) is 0 Å². The van der Waals surface area contributed by atoms with Gasteiger partial charge in [-0.15, -0.1) is 0 Å². The molecule has 0 fully saturated rings. The lowest BCUT2D eigenvalue weighted by molar-refractivity contribution is 0.267. The maximum Gasteiger partial charge on any atom is 0.00508 e. The molecule has 0 rings (SSSR count). The fourth-order valence-corrected chi connectivity index (χ4v) is 1.68. The predicted octanol–water partition coefficient (Wildman–Crippen LogP) is 2.89. The molecule has 0 aliphatic heterocycles. The van der Waals surface area contributed by atoms with Crippen molar-refractivity contribution in [1.82, 2.24) is 10.2 Å². The summed E-state index contributed by atoms with van der Waals surface area (Å²) in [5.41, 5.74) is 0. The Hall–Kier alpha value is -0.0800. The lowest BCUT2D eigenvalue weighted by Crippen LogP contribution is -2.33. The largest absolute Gasteiger partial charge is 0.314 e. The lowest BCUT2D eigenvalue weighted by atomic mass is 10.2. The molecule has 0 aromatic rings. The van der Waals surface area contributed by atoms with Gasteiger partial charge in [-0.2, -0.15) is 0 Å². The highest BCUT2D eigenvalue weighted by molar-refractivity contribution is 4.64. The second-order valence-corrected chi connectivity index (χ2v) is 4.43. The third-order valence-electron chi connectivity index (χ3n) is 2.90. The number of hydrogen-bond donors (Lipinski definition) is 1. The normalized spacial score (nSPS) is 13.4. The molecule has 92 valence electrons. The van der Waals surface area contributed by atoms with Gasteiger partial charge in [0.25, 0.3) is 0 Å². The molecule has 2 heteroatoms. The summed E-state index contributed by atoms with van der Waals surface area (Å²) in [5, 5.41) is 3.54. The Bertz CT molecular complexity index is 126. The fourth-order valence-electron chi connectivity index (χ4n) is 1.68. The summed E-state index contributed by atoms with van der Waals surface area (Å²) in [6.07, 6.45) is 5.15. The molecule has 1 unspecified atom stereocenters. The highest BCUT2D eigenvalue weighted by atomic mass is 15.1. The Morgan fingerprint density at radius 2 is 1.80 bits per heavy atom. The first-order valence-corrected chi connectivity index (χ1v) is 6.70. The maximum absolute atomic E-state index is 3.54. The molecule has 0 aliphatic rings. The molecular weight excluding hydrogens is 184 g/mol. The van der Waals surface area contributed by atoms with Gasteiger partial charge >= 0.3 is 0 Å². The van der Waals surface area contributed by atoms with E-state index in [0.29, 0.717) is 6.04 Å². The molecule has 2 nitrogen and oxygen atoms in total. The molecule has 1 N–H and O–H groups in total. The average molecular weight is 214 g/mol. The quantitative estimate of drug-likeness (QED) is 0.601. The number of nitrogens with one attached hydrogen (secondary N) is 1. The Kier molecular flexibility index (Phi) is 10.4. The molecule has 0 saturated heterocycles. The fraction of sp³-hybridized carbons (Fsp3) is 1.00. The maximum atomic E-state index is 3.54. The van der Waals surface area contributed by atoms with E-state index in [-0.39, 0.29) is 0 Å². The van der Waals surface area contributed by atoms with Crippen molar-refractivity contribution in [2.24, 2.45) is 0 Å². The SMILES string of the molecule is CCCCN(CC)CCC(C)NCCC. The molecule has 0 bridgehead atoms. The Morgan fingerprint density at radius 1 is 1.07 bits per heavy atom. The number of nitrogens with zero attached hydrogens (tertiary/aromatic N) is 1. The Morgan fingerprint density at radius 3 is 2.33 bits per heavy atom. The van der Waals surface area contributed by atoms with Crippen LogP contribution in [-0.4, -0.2) is 37.1 Å². The molecule has 0 aliphatic carbocycles. The second-order valence-electron chi connectivity index (χ2n) is 4.43. The van der Waals surface area contributed by atoms with Gasteiger partial charge < -0.3 is 10.2 Å². The van der Waals surface area contributed by atoms with Crippen LogP contribution < -0.4 is 5.32 Å². The summed E-state index contributed by atoms with van der Waals surface area (Å²) >= 11 is 0. The van der Waals surface area contributed by atoms with E-state index < -0.39 is 0 Å². The van der Waals surface area contributed by atoms with E-state index in [1.807, 2.05) is 0 Å². The molecular formula is C13H30N2. The number of rotatable bonds is 10. The van der Waals surface area contributed by atoms with Crippen LogP contribution in [0.25, 0.3) is 0 Å². The van der Waals surface area contributed by atoms with Crippen LogP contribution in [-0.2, 0) is 0 Å². The molecule has 0 heterocycles. The summed E-state index contributed by atoms with van der Waals surface area (Å²) in [4.78, 5) is 2.56. The number of unbranched alkanes of at least 4 members (excludes halogenated alkanes) is 1. The third-order valence-corrected chi connectivity index (χ3v) is 2.90. The molecule has 0 aromatic carbocycles. The van der Waals surface area contributed by atoms with E-state index in [9.17, 15) is 0 Å². The highest BCUT2D eigenvalue weighted by Gasteiger charge is 2.05. The van der Waals surface area contributed by atoms with Gasteiger partial charge in [0.2, 0.25) is 0 Å². The van der Waals surface area contributed by atoms with Crippen molar-refractivity contribution in [1.29, 1.82) is 0 Å². The van der Waals surface area contributed by atoms with Crippen LogP contribution in [0.2, 0.25) is 0 Å². The van der Waals surface area contributed by atoms with Crippen LogP contribution >= 0.6 is 0 Å². The van der Waals surface area contributed by atoms with E-state index in [4.69, 9.17) is 0 Å². The molecule has 0 radical (unpaired) electrons. The molecule has 0 saturated carbocycles. The molecule has 0 aromatic heterocycles. The van der Waals surface area contributed by atoms with Gasteiger partial charge in [0.1, 0.15) is 0 Å². The van der Waals surface area contributed by atoms with E-state index in [0.717, 1.165) is 6.54 Å². The zero-order valence-electron chi connectivity index (χ0n) is 11.2. The van der Waals surface area contributed by atoms with Gasteiger partial charge in [-0.25, -0.2) is 0 Å². The monoisotopic (exact) mass is 214 g/mol. The van der Waals surface area contributed by atoms with Crippen molar-refractivity contribution in [3.8, 4) is 0 Å².